The molecular weight excluding hydrogens is 318 g/mol. The lowest BCUT2D eigenvalue weighted by molar-refractivity contribution is -0.137. The molecule has 23 heavy (non-hydrogen) atoms. The van der Waals surface area contributed by atoms with Gasteiger partial charge >= 0.3 is 0 Å². The predicted molar refractivity (Wildman–Crippen MR) is 83.0 cm³/mol. The largest absolute Gasteiger partial charge is 0.351 e. The van der Waals surface area contributed by atoms with E-state index in [1.165, 1.54) is 0 Å². The highest BCUT2D eigenvalue weighted by molar-refractivity contribution is 7.91. The Hall–Kier alpha value is -1.96. The number of amides is 2. The number of carbonyl (C=O) groups is 2. The second kappa shape index (κ2) is 5.92. The van der Waals surface area contributed by atoms with Crippen LogP contribution >= 0.6 is 0 Å². The van der Waals surface area contributed by atoms with E-state index < -0.39 is 15.3 Å². The Labute approximate surface area is 134 Å². The summed E-state index contributed by atoms with van der Waals surface area (Å²) in [5.74, 6) is -0.624. The van der Waals surface area contributed by atoms with Gasteiger partial charge in [-0.3, -0.25) is 14.6 Å². The van der Waals surface area contributed by atoms with Gasteiger partial charge in [-0.2, -0.15) is 0 Å². The van der Waals surface area contributed by atoms with E-state index in [0.29, 0.717) is 19.3 Å². The monoisotopic (exact) mass is 337 g/mol. The molecule has 1 unspecified atom stereocenters. The van der Waals surface area contributed by atoms with Gasteiger partial charge < -0.3 is 10.6 Å². The molecule has 0 aromatic carbocycles. The zero-order valence-corrected chi connectivity index (χ0v) is 13.4. The number of rotatable bonds is 5. The molecule has 2 heterocycles. The average molecular weight is 337 g/mol. The molecule has 2 fully saturated rings. The highest BCUT2D eigenvalue weighted by Crippen LogP contribution is 2.46. The fraction of sp³-hybridized carbons (Fsp3) is 0.533. The van der Waals surface area contributed by atoms with Crippen LogP contribution in [0.25, 0.3) is 0 Å². The minimum atomic E-state index is -3.06. The van der Waals surface area contributed by atoms with Crippen molar-refractivity contribution in [2.45, 2.75) is 31.8 Å². The second-order valence-corrected chi connectivity index (χ2v) is 8.39. The van der Waals surface area contributed by atoms with Gasteiger partial charge in [-0.05, 0) is 31.4 Å². The standard InChI is InChI=1S/C15H19N3O4S/c19-13(17-9-11-3-1-2-7-16-11)15(5-6-15)14(20)18-12-4-8-23(21,22)10-12/h1-3,7,12H,4-6,8-10H2,(H,17,19)(H,18,20). The SMILES string of the molecule is O=C(NCc1ccccn1)C1(C(=O)NC2CCS(=O)(=O)C2)CC1. The van der Waals surface area contributed by atoms with Crippen LogP contribution in [0.2, 0.25) is 0 Å². The molecule has 124 valence electrons. The molecule has 0 spiro atoms. The third kappa shape index (κ3) is 3.52. The molecule has 1 saturated carbocycles. The summed E-state index contributed by atoms with van der Waals surface area (Å²) in [6.45, 7) is 0.270. The van der Waals surface area contributed by atoms with Gasteiger partial charge in [-0.15, -0.1) is 0 Å². The first kappa shape index (κ1) is 15.9. The molecule has 1 aliphatic carbocycles. The van der Waals surface area contributed by atoms with Crippen molar-refractivity contribution in [2.24, 2.45) is 5.41 Å². The van der Waals surface area contributed by atoms with E-state index in [4.69, 9.17) is 0 Å². The third-order valence-electron chi connectivity index (χ3n) is 4.34. The molecule has 1 atom stereocenters. The number of aromatic nitrogens is 1. The van der Waals surface area contributed by atoms with Gasteiger partial charge in [0.25, 0.3) is 0 Å². The van der Waals surface area contributed by atoms with Crippen molar-refractivity contribution in [3.05, 3.63) is 30.1 Å². The minimum Gasteiger partial charge on any atom is -0.351 e. The summed E-state index contributed by atoms with van der Waals surface area (Å²) >= 11 is 0. The van der Waals surface area contributed by atoms with Crippen molar-refractivity contribution in [3.8, 4) is 0 Å². The molecule has 2 amide bonds. The summed E-state index contributed by atoms with van der Waals surface area (Å²) in [4.78, 5) is 28.8. The van der Waals surface area contributed by atoms with Crippen LogP contribution in [0.4, 0.5) is 0 Å². The summed E-state index contributed by atoms with van der Waals surface area (Å²) in [6.07, 6.45) is 3.04. The Morgan fingerprint density at radius 1 is 1.26 bits per heavy atom. The smallest absolute Gasteiger partial charge is 0.236 e. The number of hydrogen-bond acceptors (Lipinski definition) is 5. The lowest BCUT2D eigenvalue weighted by Gasteiger charge is -2.18. The third-order valence-corrected chi connectivity index (χ3v) is 6.11. The maximum Gasteiger partial charge on any atom is 0.236 e. The molecule has 1 aromatic rings. The number of sulfone groups is 1. The Balaban J connectivity index is 1.56. The van der Waals surface area contributed by atoms with E-state index in [1.807, 2.05) is 6.07 Å². The summed E-state index contributed by atoms with van der Waals surface area (Å²) < 4.78 is 22.9. The lowest BCUT2D eigenvalue weighted by atomic mass is 10.0. The zero-order chi connectivity index (χ0) is 16.5. The number of nitrogens with one attached hydrogen (secondary N) is 2. The summed E-state index contributed by atoms with van der Waals surface area (Å²) in [6, 6.07) is 5.03. The maximum absolute atomic E-state index is 12.4. The molecule has 1 aromatic heterocycles. The van der Waals surface area contributed by atoms with Crippen molar-refractivity contribution in [3.63, 3.8) is 0 Å². The zero-order valence-electron chi connectivity index (χ0n) is 12.6. The van der Waals surface area contributed by atoms with Crippen molar-refractivity contribution in [1.82, 2.24) is 15.6 Å². The van der Waals surface area contributed by atoms with Gasteiger partial charge in [0.15, 0.2) is 9.84 Å². The molecule has 0 bridgehead atoms. The fourth-order valence-corrected chi connectivity index (χ4v) is 4.43. The summed E-state index contributed by atoms with van der Waals surface area (Å²) in [5, 5.41) is 5.47. The highest BCUT2D eigenvalue weighted by Gasteiger charge is 2.56. The summed E-state index contributed by atoms with van der Waals surface area (Å²) in [5.41, 5.74) is -0.319. The lowest BCUT2D eigenvalue weighted by Crippen LogP contribution is -2.46. The van der Waals surface area contributed by atoms with Crippen LogP contribution in [0.5, 0.6) is 0 Å². The highest BCUT2D eigenvalue weighted by atomic mass is 32.2. The van der Waals surface area contributed by atoms with Crippen LogP contribution < -0.4 is 10.6 Å². The molecule has 0 radical (unpaired) electrons. The van der Waals surface area contributed by atoms with E-state index in [-0.39, 0.29) is 35.9 Å². The molecule has 8 heteroatoms. The van der Waals surface area contributed by atoms with Gasteiger partial charge in [-0.1, -0.05) is 6.07 Å². The van der Waals surface area contributed by atoms with Crippen LogP contribution in [0, 0.1) is 5.41 Å². The number of hydrogen-bond donors (Lipinski definition) is 2. The van der Waals surface area contributed by atoms with E-state index in [1.54, 1.807) is 18.3 Å². The first-order valence-electron chi connectivity index (χ1n) is 7.61. The van der Waals surface area contributed by atoms with Crippen LogP contribution in [-0.2, 0) is 26.0 Å². The van der Waals surface area contributed by atoms with E-state index in [9.17, 15) is 18.0 Å². The average Bonchev–Trinajstić information content (AvgIpc) is 3.27. The second-order valence-electron chi connectivity index (χ2n) is 6.16. The topological polar surface area (TPSA) is 105 Å². The van der Waals surface area contributed by atoms with Crippen molar-refractivity contribution >= 4 is 21.7 Å². The number of carbonyl (C=O) groups excluding carboxylic acids is 2. The van der Waals surface area contributed by atoms with E-state index >= 15 is 0 Å². The quantitative estimate of drug-likeness (QED) is 0.723. The fourth-order valence-electron chi connectivity index (χ4n) is 2.76. The van der Waals surface area contributed by atoms with Crippen LogP contribution in [0.3, 0.4) is 0 Å². The molecule has 1 aliphatic heterocycles. The Morgan fingerprint density at radius 3 is 2.61 bits per heavy atom. The van der Waals surface area contributed by atoms with Gasteiger partial charge in [0.1, 0.15) is 5.41 Å². The first-order chi connectivity index (χ1) is 10.9. The van der Waals surface area contributed by atoms with Crippen LogP contribution in [0.1, 0.15) is 25.0 Å². The van der Waals surface area contributed by atoms with Crippen LogP contribution in [-0.4, -0.2) is 42.8 Å². The van der Waals surface area contributed by atoms with Crippen LogP contribution in [0.15, 0.2) is 24.4 Å². The number of nitrogens with zero attached hydrogens (tertiary/aromatic N) is 1. The van der Waals surface area contributed by atoms with Gasteiger partial charge in [0.2, 0.25) is 11.8 Å². The van der Waals surface area contributed by atoms with Crippen molar-refractivity contribution < 1.29 is 18.0 Å². The molecule has 1 saturated heterocycles. The van der Waals surface area contributed by atoms with Gasteiger partial charge in [-0.25, -0.2) is 8.42 Å². The molecular formula is C15H19N3O4S. The Kier molecular flexibility index (Phi) is 4.09. The molecule has 3 rings (SSSR count). The summed E-state index contributed by atoms with van der Waals surface area (Å²) in [7, 11) is -3.06. The Bertz CT molecular complexity index is 713. The first-order valence-corrected chi connectivity index (χ1v) is 9.43. The molecule has 2 aliphatic rings. The number of pyridine rings is 1. The molecule has 7 nitrogen and oxygen atoms in total. The van der Waals surface area contributed by atoms with E-state index in [0.717, 1.165) is 5.69 Å². The Morgan fingerprint density at radius 2 is 2.04 bits per heavy atom. The molecule has 2 N–H and O–H groups in total. The predicted octanol–water partition coefficient (Wildman–Crippen LogP) is -0.219. The normalized spacial score (nSPS) is 23.9. The van der Waals surface area contributed by atoms with Gasteiger partial charge in [0.05, 0.1) is 23.7 Å². The maximum atomic E-state index is 12.4. The van der Waals surface area contributed by atoms with Crippen molar-refractivity contribution in [1.29, 1.82) is 0 Å². The minimum absolute atomic E-state index is 0.0373. The van der Waals surface area contributed by atoms with Gasteiger partial charge in [0, 0.05) is 12.2 Å². The van der Waals surface area contributed by atoms with E-state index in [2.05, 4.69) is 15.6 Å². The van der Waals surface area contributed by atoms with Crippen molar-refractivity contribution in [2.75, 3.05) is 11.5 Å².